The molecule has 0 radical (unpaired) electrons. The lowest BCUT2D eigenvalue weighted by molar-refractivity contribution is -0.153. The summed E-state index contributed by atoms with van der Waals surface area (Å²) >= 11 is 0. The van der Waals surface area contributed by atoms with E-state index in [4.69, 9.17) is 0 Å². The molecule has 2 unspecified atom stereocenters. The second kappa shape index (κ2) is 8.71. The Balaban J connectivity index is 1.90. The number of carbonyl (C=O) groups is 3. The first-order valence-electron chi connectivity index (χ1n) is 8.11. The van der Waals surface area contributed by atoms with E-state index in [1.165, 1.54) is 0 Å². The zero-order chi connectivity index (χ0) is 25.6. The second-order valence-corrected chi connectivity index (χ2v) is 5.97. The number of hydrogen-bond donors (Lipinski definition) is 0. The molecule has 34 heavy (non-hydrogen) atoms. The van der Waals surface area contributed by atoms with Gasteiger partial charge in [0.1, 0.15) is 0 Å². The molecule has 2 atom stereocenters. The maximum Gasteiger partial charge on any atom is 0.510 e. The first-order valence-corrected chi connectivity index (χ1v) is 8.11. The van der Waals surface area contributed by atoms with Crippen molar-refractivity contribution in [3.63, 3.8) is 0 Å². The number of esters is 2. The number of hydrogen-bond acceptors (Lipinski definition) is 7. The molecule has 7 nitrogen and oxygen atoms in total. The van der Waals surface area contributed by atoms with Crippen molar-refractivity contribution in [3.05, 3.63) is 58.2 Å². The minimum Gasteiger partial charge on any atom is -0.417 e. The molecule has 1 aliphatic heterocycles. The van der Waals surface area contributed by atoms with Crippen molar-refractivity contribution >= 4 is 18.1 Å². The monoisotopic (exact) mass is 508 g/mol. The van der Waals surface area contributed by atoms with Crippen LogP contribution in [0.25, 0.3) is 0 Å². The van der Waals surface area contributed by atoms with Gasteiger partial charge in [0, 0.05) is 0 Å². The number of benzene rings is 2. The summed E-state index contributed by atoms with van der Waals surface area (Å²) in [6, 6.07) is 0. The highest BCUT2D eigenvalue weighted by Gasteiger charge is 2.50. The third kappa shape index (κ3) is 3.92. The Bertz CT molecular complexity index is 1100. The molecule has 0 spiro atoms. The Morgan fingerprint density at radius 2 is 0.735 bits per heavy atom. The number of cyclic esters (lactones) is 2. The Morgan fingerprint density at radius 1 is 0.500 bits per heavy atom. The molecule has 0 bridgehead atoms. The van der Waals surface area contributed by atoms with Crippen LogP contribution in [0.3, 0.4) is 0 Å². The Morgan fingerprint density at radius 3 is 1.00 bits per heavy atom. The van der Waals surface area contributed by atoms with Gasteiger partial charge >= 0.3 is 18.1 Å². The van der Waals surface area contributed by atoms with Gasteiger partial charge in [-0.25, -0.2) is 40.7 Å². The summed E-state index contributed by atoms with van der Waals surface area (Å²) in [4.78, 5) is 35.4. The molecule has 2 aromatic carbocycles. The van der Waals surface area contributed by atoms with E-state index in [1.54, 1.807) is 0 Å². The van der Waals surface area contributed by atoms with Crippen LogP contribution in [-0.2, 0) is 19.1 Å². The highest BCUT2D eigenvalue weighted by Crippen LogP contribution is 2.32. The largest absolute Gasteiger partial charge is 0.510 e. The Hall–Kier alpha value is -4.05. The van der Waals surface area contributed by atoms with Crippen LogP contribution >= 0.6 is 0 Å². The fourth-order valence-electron chi connectivity index (χ4n) is 2.37. The van der Waals surface area contributed by atoms with E-state index < -0.39 is 100.0 Å². The third-order valence-electron chi connectivity index (χ3n) is 3.93. The molecule has 1 heterocycles. The normalized spacial score (nSPS) is 17.3. The Kier molecular flexibility index (Phi) is 6.30. The lowest BCUT2D eigenvalue weighted by atomic mass is 10.2. The topological polar surface area (TPSA) is 88.1 Å². The predicted molar refractivity (Wildman–Crippen MR) is 78.9 cm³/mol. The molecule has 1 saturated heterocycles. The molecule has 1 aliphatic rings. The van der Waals surface area contributed by atoms with Gasteiger partial charge in [0.2, 0.25) is 81.9 Å². The SMILES string of the molecule is O=C1OC(C(=O)Oc2c(F)c(F)c(F)c(F)c2F)C(C(=O)Oc2c(F)c(F)c(F)c(F)c2F)O1. The molecular formula is C17H2F10O7. The quantitative estimate of drug-likeness (QED) is 0.206. The molecule has 1 fully saturated rings. The maximum absolute atomic E-state index is 13.7. The molecule has 0 N–H and O–H groups in total. The molecular weight excluding hydrogens is 506 g/mol. The van der Waals surface area contributed by atoms with Crippen molar-refractivity contribution in [3.8, 4) is 11.5 Å². The fourth-order valence-corrected chi connectivity index (χ4v) is 2.37. The lowest BCUT2D eigenvalue weighted by Gasteiger charge is -2.15. The predicted octanol–water partition coefficient (Wildman–Crippen LogP) is 3.49. The third-order valence-corrected chi connectivity index (χ3v) is 3.93. The number of ether oxygens (including phenoxy) is 4. The number of carbonyl (C=O) groups excluding carboxylic acids is 3. The molecule has 2 aromatic rings. The van der Waals surface area contributed by atoms with Gasteiger partial charge in [0.25, 0.3) is 0 Å². The number of halogens is 10. The Labute approximate surface area is 178 Å². The van der Waals surface area contributed by atoms with Gasteiger partial charge in [-0.2, -0.15) is 17.6 Å². The molecule has 17 heteroatoms. The van der Waals surface area contributed by atoms with E-state index in [0.717, 1.165) is 0 Å². The summed E-state index contributed by atoms with van der Waals surface area (Å²) in [6.07, 6.45) is -7.42. The summed E-state index contributed by atoms with van der Waals surface area (Å²) in [5.74, 6) is -34.9. The average molecular weight is 508 g/mol. The minimum absolute atomic E-state index is 1.92. The first-order chi connectivity index (χ1) is 15.8. The van der Waals surface area contributed by atoms with Crippen LogP contribution in [0.1, 0.15) is 0 Å². The van der Waals surface area contributed by atoms with Crippen molar-refractivity contribution in [2.45, 2.75) is 12.2 Å². The van der Waals surface area contributed by atoms with Gasteiger partial charge in [0.05, 0.1) is 0 Å². The summed E-state index contributed by atoms with van der Waals surface area (Å²) in [5.41, 5.74) is 0. The van der Waals surface area contributed by atoms with Crippen molar-refractivity contribution in [2.24, 2.45) is 0 Å². The van der Waals surface area contributed by atoms with Gasteiger partial charge in [-0.05, 0) is 0 Å². The smallest absolute Gasteiger partial charge is 0.417 e. The van der Waals surface area contributed by atoms with Crippen molar-refractivity contribution in [1.29, 1.82) is 0 Å². The molecule has 182 valence electrons. The van der Waals surface area contributed by atoms with Crippen LogP contribution < -0.4 is 9.47 Å². The van der Waals surface area contributed by atoms with Crippen LogP contribution in [0.15, 0.2) is 0 Å². The van der Waals surface area contributed by atoms with Crippen molar-refractivity contribution in [1.82, 2.24) is 0 Å². The molecule has 0 aliphatic carbocycles. The lowest BCUT2D eigenvalue weighted by Crippen LogP contribution is -2.42. The van der Waals surface area contributed by atoms with Crippen LogP contribution in [0, 0.1) is 58.2 Å². The van der Waals surface area contributed by atoms with Gasteiger partial charge < -0.3 is 18.9 Å². The molecule has 0 aromatic heterocycles. The van der Waals surface area contributed by atoms with Crippen molar-refractivity contribution in [2.75, 3.05) is 0 Å². The summed E-state index contributed by atoms with van der Waals surface area (Å²) in [5, 5.41) is 0. The number of rotatable bonds is 4. The minimum atomic E-state index is -2.75. The standard InChI is InChI=1S/C17H2F10O7/c18-1-3(20)7(24)11(8(25)4(1)21)31-15(28)13-14(34-17(30)33-13)16(29)32-12-9(26)5(22)2(19)6(23)10(12)27/h13-14H. The van der Waals surface area contributed by atoms with E-state index >= 15 is 0 Å². The highest BCUT2D eigenvalue weighted by molar-refractivity contribution is 5.92. The zero-order valence-electron chi connectivity index (χ0n) is 15.3. The van der Waals surface area contributed by atoms with E-state index in [2.05, 4.69) is 18.9 Å². The van der Waals surface area contributed by atoms with Gasteiger partial charge in [-0.1, -0.05) is 0 Å². The first kappa shape index (κ1) is 24.6. The summed E-state index contributed by atoms with van der Waals surface area (Å²) < 4.78 is 150. The van der Waals surface area contributed by atoms with Crippen LogP contribution in [0.5, 0.6) is 11.5 Å². The van der Waals surface area contributed by atoms with Crippen LogP contribution in [-0.4, -0.2) is 30.3 Å². The van der Waals surface area contributed by atoms with Gasteiger partial charge in [0.15, 0.2) is 0 Å². The van der Waals surface area contributed by atoms with Gasteiger partial charge in [-0.3, -0.25) is 0 Å². The van der Waals surface area contributed by atoms with Gasteiger partial charge in [-0.15, -0.1) is 0 Å². The molecule has 3 rings (SSSR count). The molecule has 0 saturated carbocycles. The van der Waals surface area contributed by atoms with Crippen LogP contribution in [0.4, 0.5) is 48.7 Å². The average Bonchev–Trinajstić information content (AvgIpc) is 3.21. The highest BCUT2D eigenvalue weighted by atomic mass is 19.2. The summed E-state index contributed by atoms with van der Waals surface area (Å²) in [7, 11) is 0. The van der Waals surface area contributed by atoms with E-state index in [9.17, 15) is 58.3 Å². The van der Waals surface area contributed by atoms with E-state index in [0.29, 0.717) is 0 Å². The summed E-state index contributed by atoms with van der Waals surface area (Å²) in [6.45, 7) is 0. The van der Waals surface area contributed by atoms with Crippen molar-refractivity contribution < 1.29 is 77.2 Å². The zero-order valence-corrected chi connectivity index (χ0v) is 15.3. The van der Waals surface area contributed by atoms with E-state index in [-0.39, 0.29) is 0 Å². The fraction of sp³-hybridized carbons (Fsp3) is 0.118. The maximum atomic E-state index is 13.7. The van der Waals surface area contributed by atoms with E-state index in [1.807, 2.05) is 0 Å². The second-order valence-electron chi connectivity index (χ2n) is 5.97. The van der Waals surface area contributed by atoms with Crippen LogP contribution in [0.2, 0.25) is 0 Å². The molecule has 0 amide bonds.